The lowest BCUT2D eigenvalue weighted by Gasteiger charge is -2.06. The largest absolute Gasteiger partial charge is 0.456 e. The summed E-state index contributed by atoms with van der Waals surface area (Å²) in [4.78, 5) is 22.5. The average molecular weight is 300 g/mol. The summed E-state index contributed by atoms with van der Waals surface area (Å²) in [5, 5.41) is 2.63. The van der Waals surface area contributed by atoms with Gasteiger partial charge in [0.1, 0.15) is 0 Å². The van der Waals surface area contributed by atoms with Gasteiger partial charge in [0.2, 0.25) is 0 Å². The van der Waals surface area contributed by atoms with Crippen molar-refractivity contribution in [3.05, 3.63) is 28.7 Å². The fraction of sp³-hybridized carbons (Fsp3) is 0.333. The van der Waals surface area contributed by atoms with Gasteiger partial charge >= 0.3 is 5.97 Å². The summed E-state index contributed by atoms with van der Waals surface area (Å²) in [5.41, 5.74) is 0.663. The number of hydrogen-bond acceptors (Lipinski definition) is 3. The number of ether oxygens (including phenoxy) is 1. The topological polar surface area (TPSA) is 55.4 Å². The van der Waals surface area contributed by atoms with Crippen LogP contribution in [0.2, 0.25) is 0 Å². The Bertz CT molecular complexity index is 406. The quantitative estimate of drug-likeness (QED) is 0.851. The Morgan fingerprint density at radius 1 is 1.41 bits per heavy atom. The molecule has 0 radical (unpaired) electrons. The fourth-order valence-electron chi connectivity index (χ4n) is 1.19. The van der Waals surface area contributed by atoms with Crippen LogP contribution in [0, 0.1) is 0 Å². The highest BCUT2D eigenvalue weighted by atomic mass is 79.9. The number of hydrogen-bond donors (Lipinski definition) is 1. The van der Waals surface area contributed by atoms with E-state index >= 15 is 0 Å². The van der Waals surface area contributed by atoms with Crippen molar-refractivity contribution in [1.82, 2.24) is 0 Å². The summed E-state index contributed by atoms with van der Waals surface area (Å²) in [6, 6.07) is 7.20. The van der Waals surface area contributed by atoms with E-state index in [1.807, 2.05) is 19.1 Å². The predicted octanol–water partition coefficient (Wildman–Crippen LogP) is 2.73. The lowest BCUT2D eigenvalue weighted by molar-refractivity contribution is -0.147. The number of esters is 1. The number of amides is 1. The fourth-order valence-corrected chi connectivity index (χ4v) is 1.58. The number of carbonyl (C=O) groups excluding carboxylic acids is 2. The number of benzene rings is 1. The Hall–Kier alpha value is -1.36. The second-order valence-electron chi connectivity index (χ2n) is 3.47. The first-order chi connectivity index (χ1) is 8.11. The maximum Gasteiger partial charge on any atom is 0.306 e. The summed E-state index contributed by atoms with van der Waals surface area (Å²) in [5.74, 6) is -0.690. The highest BCUT2D eigenvalue weighted by Crippen LogP contribution is 2.15. The molecule has 0 aliphatic rings. The third kappa shape index (κ3) is 5.49. The molecular formula is C12H14BrNO3. The molecular weight excluding hydrogens is 286 g/mol. The first-order valence-corrected chi connectivity index (χ1v) is 6.12. The average Bonchev–Trinajstić information content (AvgIpc) is 2.27. The van der Waals surface area contributed by atoms with Gasteiger partial charge in [-0.2, -0.15) is 0 Å². The minimum Gasteiger partial charge on any atom is -0.456 e. The molecule has 1 N–H and O–H groups in total. The van der Waals surface area contributed by atoms with Crippen molar-refractivity contribution < 1.29 is 14.3 Å². The second kappa shape index (κ2) is 7.06. The zero-order valence-corrected chi connectivity index (χ0v) is 11.1. The van der Waals surface area contributed by atoms with Gasteiger partial charge in [0.05, 0.1) is 0 Å². The Kier molecular flexibility index (Phi) is 5.69. The molecule has 1 rings (SSSR count). The van der Waals surface area contributed by atoms with Gasteiger partial charge in [0.25, 0.3) is 5.91 Å². The molecule has 92 valence electrons. The van der Waals surface area contributed by atoms with Gasteiger partial charge < -0.3 is 10.1 Å². The van der Waals surface area contributed by atoms with E-state index in [-0.39, 0.29) is 18.5 Å². The van der Waals surface area contributed by atoms with E-state index < -0.39 is 0 Å². The van der Waals surface area contributed by atoms with Gasteiger partial charge in [0, 0.05) is 16.6 Å². The van der Waals surface area contributed by atoms with Crippen molar-refractivity contribution in [1.29, 1.82) is 0 Å². The molecule has 0 aliphatic heterocycles. The molecule has 0 bridgehead atoms. The van der Waals surface area contributed by atoms with Crippen LogP contribution in [0.15, 0.2) is 28.7 Å². The van der Waals surface area contributed by atoms with Gasteiger partial charge in [0.15, 0.2) is 6.61 Å². The smallest absolute Gasteiger partial charge is 0.306 e. The van der Waals surface area contributed by atoms with Crippen LogP contribution in [-0.4, -0.2) is 18.5 Å². The van der Waals surface area contributed by atoms with Crippen molar-refractivity contribution in [2.24, 2.45) is 0 Å². The zero-order valence-electron chi connectivity index (χ0n) is 9.53. The number of anilines is 1. The third-order valence-electron chi connectivity index (χ3n) is 1.93. The Labute approximate surface area is 108 Å². The zero-order chi connectivity index (χ0) is 12.7. The van der Waals surface area contributed by atoms with Crippen molar-refractivity contribution in [3.8, 4) is 0 Å². The monoisotopic (exact) mass is 299 g/mol. The Morgan fingerprint density at radius 2 is 2.18 bits per heavy atom. The van der Waals surface area contributed by atoms with Crippen LogP contribution in [0.25, 0.3) is 0 Å². The summed E-state index contributed by atoms with van der Waals surface area (Å²) >= 11 is 3.30. The molecule has 0 fully saturated rings. The normalized spacial score (nSPS) is 9.76. The number of rotatable bonds is 5. The van der Waals surface area contributed by atoms with Crippen molar-refractivity contribution in [2.45, 2.75) is 19.8 Å². The minimum atomic E-state index is -0.350. The Morgan fingerprint density at radius 3 is 2.82 bits per heavy atom. The maximum absolute atomic E-state index is 11.4. The Balaban J connectivity index is 2.37. The predicted molar refractivity (Wildman–Crippen MR) is 68.6 cm³/mol. The van der Waals surface area contributed by atoms with Crippen LogP contribution in [0.1, 0.15) is 19.8 Å². The molecule has 1 aromatic rings. The van der Waals surface area contributed by atoms with Gasteiger partial charge in [-0.05, 0) is 24.6 Å². The van der Waals surface area contributed by atoms with Crippen LogP contribution in [0.5, 0.6) is 0 Å². The first-order valence-electron chi connectivity index (χ1n) is 5.33. The first kappa shape index (κ1) is 13.7. The molecule has 0 aromatic heterocycles. The van der Waals surface area contributed by atoms with Crippen molar-refractivity contribution >= 4 is 33.5 Å². The molecule has 1 aromatic carbocycles. The van der Waals surface area contributed by atoms with Gasteiger partial charge in [-0.1, -0.05) is 28.9 Å². The van der Waals surface area contributed by atoms with E-state index in [1.165, 1.54) is 0 Å². The SMILES string of the molecule is CCCC(=O)OCC(=O)Nc1cccc(Br)c1. The maximum atomic E-state index is 11.4. The molecule has 0 spiro atoms. The summed E-state index contributed by atoms with van der Waals surface area (Å²) in [6.07, 6.45) is 1.05. The molecule has 0 atom stereocenters. The van der Waals surface area contributed by atoms with Crippen LogP contribution < -0.4 is 5.32 Å². The molecule has 0 heterocycles. The van der Waals surface area contributed by atoms with Crippen LogP contribution in [-0.2, 0) is 14.3 Å². The highest BCUT2D eigenvalue weighted by molar-refractivity contribution is 9.10. The van der Waals surface area contributed by atoms with Crippen molar-refractivity contribution in [2.75, 3.05) is 11.9 Å². The number of halogens is 1. The van der Waals surface area contributed by atoms with E-state index in [0.29, 0.717) is 18.5 Å². The summed E-state index contributed by atoms with van der Waals surface area (Å²) < 4.78 is 5.66. The van der Waals surface area contributed by atoms with Crippen LogP contribution >= 0.6 is 15.9 Å². The standard InChI is InChI=1S/C12H14BrNO3/c1-2-4-12(16)17-8-11(15)14-10-6-3-5-9(13)7-10/h3,5-7H,2,4,8H2,1H3,(H,14,15). The van der Waals surface area contributed by atoms with Crippen LogP contribution in [0.3, 0.4) is 0 Å². The molecule has 17 heavy (non-hydrogen) atoms. The van der Waals surface area contributed by atoms with E-state index in [0.717, 1.165) is 4.47 Å². The minimum absolute atomic E-state index is 0.245. The van der Waals surface area contributed by atoms with Gasteiger partial charge in [-0.25, -0.2) is 0 Å². The number of carbonyl (C=O) groups is 2. The molecule has 0 saturated heterocycles. The lowest BCUT2D eigenvalue weighted by atomic mass is 10.3. The molecule has 5 heteroatoms. The highest BCUT2D eigenvalue weighted by Gasteiger charge is 2.06. The van der Waals surface area contributed by atoms with Crippen LogP contribution in [0.4, 0.5) is 5.69 Å². The lowest BCUT2D eigenvalue weighted by Crippen LogP contribution is -2.20. The molecule has 0 saturated carbocycles. The van der Waals surface area contributed by atoms with Gasteiger partial charge in [-0.15, -0.1) is 0 Å². The molecule has 1 amide bonds. The molecule has 0 aliphatic carbocycles. The number of nitrogens with one attached hydrogen (secondary N) is 1. The second-order valence-corrected chi connectivity index (χ2v) is 4.38. The third-order valence-corrected chi connectivity index (χ3v) is 2.42. The van der Waals surface area contributed by atoms with Gasteiger partial charge in [-0.3, -0.25) is 9.59 Å². The molecule has 4 nitrogen and oxygen atoms in total. The summed E-state index contributed by atoms with van der Waals surface area (Å²) in [6.45, 7) is 1.63. The summed E-state index contributed by atoms with van der Waals surface area (Å²) in [7, 11) is 0. The van der Waals surface area contributed by atoms with E-state index in [1.54, 1.807) is 12.1 Å². The molecule has 0 unspecified atom stereocenters. The van der Waals surface area contributed by atoms with E-state index in [4.69, 9.17) is 4.74 Å². The van der Waals surface area contributed by atoms with E-state index in [2.05, 4.69) is 21.2 Å². The van der Waals surface area contributed by atoms with Crippen molar-refractivity contribution in [3.63, 3.8) is 0 Å². The van der Waals surface area contributed by atoms with E-state index in [9.17, 15) is 9.59 Å².